The normalized spacial score (nSPS) is 9.94. The average Bonchev–Trinajstić information content (AvgIpc) is 2.73. The summed E-state index contributed by atoms with van der Waals surface area (Å²) in [5.41, 5.74) is 5.81. The van der Waals surface area contributed by atoms with Crippen molar-refractivity contribution in [2.24, 2.45) is 12.8 Å². The van der Waals surface area contributed by atoms with Crippen LogP contribution in [0.15, 0.2) is 6.07 Å². The Balaban J connectivity index is 2.44. The molecule has 0 aromatic carbocycles. The maximum atomic E-state index is 11.4. The van der Waals surface area contributed by atoms with Crippen LogP contribution in [0.25, 0.3) is 0 Å². The fourth-order valence-corrected chi connectivity index (χ4v) is 1.30. The zero-order valence-electron chi connectivity index (χ0n) is 10.4. The van der Waals surface area contributed by atoms with Gasteiger partial charge in [0.2, 0.25) is 5.88 Å². The van der Waals surface area contributed by atoms with Crippen LogP contribution in [0.1, 0.15) is 5.69 Å². The van der Waals surface area contributed by atoms with Gasteiger partial charge in [0, 0.05) is 26.2 Å². The summed E-state index contributed by atoms with van der Waals surface area (Å²) in [6.07, 6.45) is 0. The minimum absolute atomic E-state index is 0.159. The van der Waals surface area contributed by atoms with Crippen molar-refractivity contribution in [1.82, 2.24) is 20.4 Å². The average molecular weight is 255 g/mol. The summed E-state index contributed by atoms with van der Waals surface area (Å²) in [5, 5.41) is 8.92. The van der Waals surface area contributed by atoms with Crippen LogP contribution in [0.4, 0.5) is 0 Å². The largest absolute Gasteiger partial charge is 0.481 e. The lowest BCUT2D eigenvalue weighted by molar-refractivity contribution is -0.139. The molecular weight excluding hydrogens is 238 g/mol. The van der Waals surface area contributed by atoms with E-state index in [0.29, 0.717) is 11.6 Å². The second-order valence-corrected chi connectivity index (χ2v) is 3.53. The topological polar surface area (TPSA) is 111 Å². The monoisotopic (exact) mass is 255 g/mol. The molecule has 100 valence electrons. The van der Waals surface area contributed by atoms with Crippen molar-refractivity contribution in [1.29, 1.82) is 0 Å². The Kier molecular flexibility index (Phi) is 5.12. The lowest BCUT2D eigenvalue weighted by Gasteiger charge is -2.03. The van der Waals surface area contributed by atoms with Crippen LogP contribution in [-0.2, 0) is 23.2 Å². The highest BCUT2D eigenvalue weighted by Gasteiger charge is 2.13. The van der Waals surface area contributed by atoms with Crippen molar-refractivity contribution in [3.8, 4) is 5.88 Å². The van der Waals surface area contributed by atoms with Gasteiger partial charge in [-0.15, -0.1) is 0 Å². The van der Waals surface area contributed by atoms with Gasteiger partial charge in [0.05, 0.1) is 19.3 Å². The van der Waals surface area contributed by atoms with Crippen LogP contribution in [0.3, 0.4) is 0 Å². The zero-order valence-corrected chi connectivity index (χ0v) is 10.4. The molecule has 0 aliphatic rings. The smallest absolute Gasteiger partial charge is 0.309 e. The number of hydrogen-bond donors (Lipinski definition) is 3. The van der Waals surface area contributed by atoms with E-state index in [0.717, 1.165) is 0 Å². The van der Waals surface area contributed by atoms with Crippen molar-refractivity contribution in [2.45, 2.75) is 6.54 Å². The molecule has 0 saturated carbocycles. The number of nitrogens with one attached hydrogen (secondary N) is 2. The van der Waals surface area contributed by atoms with E-state index in [-0.39, 0.29) is 19.6 Å². The summed E-state index contributed by atoms with van der Waals surface area (Å²) in [7, 11) is 3.25. The van der Waals surface area contributed by atoms with E-state index in [4.69, 9.17) is 10.5 Å². The van der Waals surface area contributed by atoms with E-state index >= 15 is 0 Å². The zero-order chi connectivity index (χ0) is 13.5. The van der Waals surface area contributed by atoms with Gasteiger partial charge in [-0.1, -0.05) is 0 Å². The predicted octanol–water partition coefficient (Wildman–Crippen LogP) is -1.88. The van der Waals surface area contributed by atoms with Gasteiger partial charge in [0.1, 0.15) is 0 Å². The van der Waals surface area contributed by atoms with Crippen molar-refractivity contribution >= 4 is 11.8 Å². The molecule has 0 atom stereocenters. The SMILES string of the molecule is COc1cc(CNC(=O)C(=O)NCCN)nn1C. The molecule has 8 nitrogen and oxygen atoms in total. The van der Waals surface area contributed by atoms with Crippen molar-refractivity contribution in [2.75, 3.05) is 20.2 Å². The molecule has 2 amide bonds. The minimum Gasteiger partial charge on any atom is -0.481 e. The van der Waals surface area contributed by atoms with Gasteiger partial charge >= 0.3 is 11.8 Å². The first-order valence-electron chi connectivity index (χ1n) is 5.41. The number of amides is 2. The number of rotatable bonds is 5. The Morgan fingerprint density at radius 3 is 2.67 bits per heavy atom. The predicted molar refractivity (Wildman–Crippen MR) is 63.7 cm³/mol. The number of carbonyl (C=O) groups excluding carboxylic acids is 2. The maximum Gasteiger partial charge on any atom is 0.309 e. The molecule has 1 aromatic heterocycles. The number of methoxy groups -OCH3 is 1. The van der Waals surface area contributed by atoms with Gasteiger partial charge in [-0.25, -0.2) is 4.68 Å². The molecule has 0 spiro atoms. The highest BCUT2D eigenvalue weighted by Crippen LogP contribution is 2.10. The van der Waals surface area contributed by atoms with Gasteiger partial charge in [-0.2, -0.15) is 5.10 Å². The van der Waals surface area contributed by atoms with E-state index in [1.54, 1.807) is 13.1 Å². The molecule has 0 bridgehead atoms. The molecule has 1 heterocycles. The summed E-state index contributed by atoms with van der Waals surface area (Å²) in [4.78, 5) is 22.6. The van der Waals surface area contributed by atoms with Gasteiger partial charge in [-0.05, 0) is 0 Å². The van der Waals surface area contributed by atoms with Crippen molar-refractivity contribution in [3.63, 3.8) is 0 Å². The number of aryl methyl sites for hydroxylation is 1. The second kappa shape index (κ2) is 6.60. The van der Waals surface area contributed by atoms with Crippen LogP contribution < -0.4 is 21.1 Å². The van der Waals surface area contributed by atoms with E-state index in [2.05, 4.69) is 15.7 Å². The highest BCUT2D eigenvalue weighted by atomic mass is 16.5. The van der Waals surface area contributed by atoms with Crippen LogP contribution >= 0.6 is 0 Å². The lowest BCUT2D eigenvalue weighted by atomic mass is 10.4. The molecule has 0 saturated heterocycles. The van der Waals surface area contributed by atoms with Gasteiger partial charge in [0.15, 0.2) is 0 Å². The van der Waals surface area contributed by atoms with E-state index in [9.17, 15) is 9.59 Å². The summed E-state index contributed by atoms with van der Waals surface area (Å²) >= 11 is 0. The molecular formula is C10H17N5O3. The van der Waals surface area contributed by atoms with E-state index < -0.39 is 11.8 Å². The molecule has 1 rings (SSSR count). The van der Waals surface area contributed by atoms with E-state index in [1.165, 1.54) is 11.8 Å². The van der Waals surface area contributed by atoms with E-state index in [1.807, 2.05) is 0 Å². The molecule has 0 fully saturated rings. The third-order valence-corrected chi connectivity index (χ3v) is 2.16. The first kappa shape index (κ1) is 14.0. The molecule has 0 unspecified atom stereocenters. The number of aromatic nitrogens is 2. The van der Waals surface area contributed by atoms with Crippen LogP contribution in [-0.4, -0.2) is 41.8 Å². The molecule has 0 radical (unpaired) electrons. The number of nitrogens with zero attached hydrogens (tertiary/aromatic N) is 2. The first-order chi connectivity index (χ1) is 8.58. The highest BCUT2D eigenvalue weighted by molar-refractivity contribution is 6.35. The van der Waals surface area contributed by atoms with Gasteiger partial charge in [0.25, 0.3) is 0 Å². The van der Waals surface area contributed by atoms with Crippen LogP contribution in [0, 0.1) is 0 Å². The Morgan fingerprint density at radius 2 is 2.11 bits per heavy atom. The maximum absolute atomic E-state index is 11.4. The number of hydrogen-bond acceptors (Lipinski definition) is 5. The van der Waals surface area contributed by atoms with Gasteiger partial charge < -0.3 is 21.1 Å². The Hall–Kier alpha value is -2.09. The summed E-state index contributed by atoms with van der Waals surface area (Å²) < 4.78 is 6.57. The third kappa shape index (κ3) is 3.74. The quantitative estimate of drug-likeness (QED) is 0.533. The molecule has 8 heteroatoms. The lowest BCUT2D eigenvalue weighted by Crippen LogP contribution is -2.41. The Labute approximate surface area is 104 Å². The first-order valence-corrected chi connectivity index (χ1v) is 5.41. The van der Waals surface area contributed by atoms with Gasteiger partial charge in [-0.3, -0.25) is 9.59 Å². The van der Waals surface area contributed by atoms with Crippen LogP contribution in [0.5, 0.6) is 5.88 Å². The second-order valence-electron chi connectivity index (χ2n) is 3.53. The third-order valence-electron chi connectivity index (χ3n) is 2.16. The summed E-state index contributed by atoms with van der Waals surface area (Å²) in [5.74, 6) is -0.844. The Bertz CT molecular complexity index is 429. The van der Waals surface area contributed by atoms with Crippen LogP contribution in [0.2, 0.25) is 0 Å². The standard InChI is InChI=1S/C10H17N5O3/c1-15-8(18-2)5-7(14-15)6-13-10(17)9(16)12-4-3-11/h5H,3-4,6,11H2,1-2H3,(H,12,16)(H,13,17). The fourth-order valence-electron chi connectivity index (χ4n) is 1.30. The number of nitrogens with two attached hydrogens (primary N) is 1. The molecule has 0 aliphatic carbocycles. The van der Waals surface area contributed by atoms with Crippen molar-refractivity contribution < 1.29 is 14.3 Å². The molecule has 4 N–H and O–H groups in total. The molecule has 1 aromatic rings. The number of ether oxygens (including phenoxy) is 1. The summed E-state index contributed by atoms with van der Waals surface area (Å²) in [6, 6.07) is 1.68. The van der Waals surface area contributed by atoms with Crippen molar-refractivity contribution in [3.05, 3.63) is 11.8 Å². The molecule has 18 heavy (non-hydrogen) atoms. The minimum atomic E-state index is -0.715. The summed E-state index contributed by atoms with van der Waals surface area (Å²) in [6.45, 7) is 0.714. The molecule has 0 aliphatic heterocycles. The Morgan fingerprint density at radius 1 is 1.44 bits per heavy atom. The fraction of sp³-hybridized carbons (Fsp3) is 0.500. The number of carbonyl (C=O) groups is 2.